The van der Waals surface area contributed by atoms with Crippen molar-refractivity contribution in [1.82, 2.24) is 4.72 Å². The lowest BCUT2D eigenvalue weighted by Gasteiger charge is -2.20. The zero-order valence-electron chi connectivity index (χ0n) is 10.7. The van der Waals surface area contributed by atoms with Gasteiger partial charge in [0.2, 0.25) is 10.0 Å². The Morgan fingerprint density at radius 3 is 2.29 bits per heavy atom. The van der Waals surface area contributed by atoms with E-state index in [1.807, 2.05) is 27.7 Å². The van der Waals surface area contributed by atoms with Gasteiger partial charge >= 0.3 is 0 Å². The molecule has 1 N–H and O–H groups in total. The Balaban J connectivity index is 3.17. The SMILES string of the molecule is C=Cc1ccc(S(=O)(=O)NC(C)(C)C)cc1C. The predicted molar refractivity (Wildman–Crippen MR) is 71.3 cm³/mol. The lowest BCUT2D eigenvalue weighted by atomic mass is 10.1. The summed E-state index contributed by atoms with van der Waals surface area (Å²) in [6.07, 6.45) is 1.71. The van der Waals surface area contributed by atoms with Crippen molar-refractivity contribution in [3.63, 3.8) is 0 Å². The lowest BCUT2D eigenvalue weighted by Crippen LogP contribution is -2.40. The summed E-state index contributed by atoms with van der Waals surface area (Å²) in [5.41, 5.74) is 1.36. The van der Waals surface area contributed by atoms with Crippen molar-refractivity contribution in [3.05, 3.63) is 35.9 Å². The van der Waals surface area contributed by atoms with Crippen LogP contribution in [0.5, 0.6) is 0 Å². The Morgan fingerprint density at radius 2 is 1.88 bits per heavy atom. The molecule has 1 aromatic rings. The summed E-state index contributed by atoms with van der Waals surface area (Å²) in [5, 5.41) is 0. The van der Waals surface area contributed by atoms with E-state index in [0.29, 0.717) is 0 Å². The van der Waals surface area contributed by atoms with Gasteiger partial charge in [0.05, 0.1) is 4.90 Å². The molecule has 1 rings (SSSR count). The van der Waals surface area contributed by atoms with Crippen LogP contribution in [0.4, 0.5) is 0 Å². The highest BCUT2D eigenvalue weighted by molar-refractivity contribution is 7.89. The predicted octanol–water partition coefficient (Wildman–Crippen LogP) is 2.71. The second-order valence-corrected chi connectivity index (χ2v) is 6.76. The van der Waals surface area contributed by atoms with Crippen LogP contribution in [0.25, 0.3) is 6.08 Å². The molecular weight excluding hydrogens is 234 g/mol. The molecule has 94 valence electrons. The van der Waals surface area contributed by atoms with Crippen LogP contribution >= 0.6 is 0 Å². The fraction of sp³-hybridized carbons (Fsp3) is 0.385. The first kappa shape index (κ1) is 13.9. The zero-order valence-corrected chi connectivity index (χ0v) is 11.6. The normalized spacial score (nSPS) is 12.5. The molecule has 4 heteroatoms. The number of benzene rings is 1. The van der Waals surface area contributed by atoms with Crippen molar-refractivity contribution in [2.45, 2.75) is 38.1 Å². The van der Waals surface area contributed by atoms with Crippen molar-refractivity contribution in [2.24, 2.45) is 0 Å². The van der Waals surface area contributed by atoms with Gasteiger partial charge in [0, 0.05) is 5.54 Å². The highest BCUT2D eigenvalue weighted by Gasteiger charge is 2.22. The lowest BCUT2D eigenvalue weighted by molar-refractivity contribution is 0.491. The minimum atomic E-state index is -3.45. The average Bonchev–Trinajstić information content (AvgIpc) is 2.13. The van der Waals surface area contributed by atoms with E-state index < -0.39 is 15.6 Å². The van der Waals surface area contributed by atoms with Crippen LogP contribution in [-0.2, 0) is 10.0 Å². The summed E-state index contributed by atoms with van der Waals surface area (Å²) in [5.74, 6) is 0. The molecule has 1 aromatic carbocycles. The van der Waals surface area contributed by atoms with E-state index in [2.05, 4.69) is 11.3 Å². The summed E-state index contributed by atoms with van der Waals surface area (Å²) in [4.78, 5) is 0.288. The van der Waals surface area contributed by atoms with Crippen LogP contribution in [0.1, 0.15) is 31.9 Å². The molecule has 0 aliphatic carbocycles. The van der Waals surface area contributed by atoms with Crippen molar-refractivity contribution >= 4 is 16.1 Å². The Hall–Kier alpha value is -1.13. The van der Waals surface area contributed by atoms with E-state index in [9.17, 15) is 8.42 Å². The van der Waals surface area contributed by atoms with Crippen LogP contribution in [0, 0.1) is 6.92 Å². The monoisotopic (exact) mass is 253 g/mol. The fourth-order valence-corrected chi connectivity index (χ4v) is 3.01. The van der Waals surface area contributed by atoms with Crippen LogP contribution in [-0.4, -0.2) is 14.0 Å². The smallest absolute Gasteiger partial charge is 0.207 e. The van der Waals surface area contributed by atoms with Gasteiger partial charge in [-0.15, -0.1) is 0 Å². The maximum atomic E-state index is 12.1. The third-order valence-electron chi connectivity index (χ3n) is 2.21. The summed E-state index contributed by atoms with van der Waals surface area (Å²) < 4.78 is 26.7. The number of nitrogens with one attached hydrogen (secondary N) is 1. The van der Waals surface area contributed by atoms with Crippen molar-refractivity contribution < 1.29 is 8.42 Å². The maximum Gasteiger partial charge on any atom is 0.241 e. The van der Waals surface area contributed by atoms with Gasteiger partial charge in [-0.25, -0.2) is 13.1 Å². The van der Waals surface area contributed by atoms with Gasteiger partial charge in [0.25, 0.3) is 0 Å². The molecule has 0 saturated carbocycles. The fourth-order valence-electron chi connectivity index (χ4n) is 1.51. The molecule has 0 aromatic heterocycles. The van der Waals surface area contributed by atoms with E-state index in [1.54, 1.807) is 24.3 Å². The standard InChI is InChI=1S/C13H19NO2S/c1-6-11-7-8-12(9-10(11)2)17(15,16)14-13(3,4)5/h6-9,14H,1H2,2-5H3. The highest BCUT2D eigenvalue weighted by Crippen LogP contribution is 2.17. The second-order valence-electron chi connectivity index (χ2n) is 5.08. The largest absolute Gasteiger partial charge is 0.241 e. The molecule has 0 saturated heterocycles. The van der Waals surface area contributed by atoms with Crippen molar-refractivity contribution in [3.8, 4) is 0 Å². The molecule has 0 unspecified atom stereocenters. The van der Waals surface area contributed by atoms with E-state index in [-0.39, 0.29) is 4.90 Å². The number of aryl methyl sites for hydroxylation is 1. The van der Waals surface area contributed by atoms with Crippen LogP contribution in [0.2, 0.25) is 0 Å². The van der Waals surface area contributed by atoms with Gasteiger partial charge < -0.3 is 0 Å². The van der Waals surface area contributed by atoms with E-state index in [4.69, 9.17) is 0 Å². The second kappa shape index (κ2) is 4.63. The molecule has 17 heavy (non-hydrogen) atoms. The van der Waals surface area contributed by atoms with Crippen LogP contribution in [0.15, 0.2) is 29.7 Å². The van der Waals surface area contributed by atoms with Crippen LogP contribution < -0.4 is 4.72 Å². The van der Waals surface area contributed by atoms with Crippen molar-refractivity contribution in [1.29, 1.82) is 0 Å². The van der Waals surface area contributed by atoms with Gasteiger partial charge in [-0.05, 0) is 51.0 Å². The first-order chi connectivity index (χ1) is 7.65. The topological polar surface area (TPSA) is 46.2 Å². The molecule has 0 fully saturated rings. The summed E-state index contributed by atoms with van der Waals surface area (Å²) in [6.45, 7) is 11.0. The average molecular weight is 253 g/mol. The Bertz CT molecular complexity index is 525. The third kappa shape index (κ3) is 3.68. The molecule has 0 aliphatic heterocycles. The minimum absolute atomic E-state index is 0.288. The summed E-state index contributed by atoms with van der Waals surface area (Å²) in [7, 11) is -3.45. The number of hydrogen-bond donors (Lipinski definition) is 1. The zero-order chi connectivity index (χ0) is 13.3. The van der Waals surface area contributed by atoms with Crippen molar-refractivity contribution in [2.75, 3.05) is 0 Å². The van der Waals surface area contributed by atoms with Gasteiger partial charge in [0.1, 0.15) is 0 Å². The van der Waals surface area contributed by atoms with Crippen LogP contribution in [0.3, 0.4) is 0 Å². The number of hydrogen-bond acceptors (Lipinski definition) is 2. The molecule has 0 amide bonds. The maximum absolute atomic E-state index is 12.1. The first-order valence-electron chi connectivity index (χ1n) is 5.43. The molecule has 0 aliphatic rings. The Labute approximate surface area is 104 Å². The van der Waals surface area contributed by atoms with Gasteiger partial charge in [0.15, 0.2) is 0 Å². The molecule has 0 bridgehead atoms. The first-order valence-corrected chi connectivity index (χ1v) is 6.91. The number of sulfonamides is 1. The molecule has 0 atom stereocenters. The van der Waals surface area contributed by atoms with E-state index >= 15 is 0 Å². The Kier molecular flexibility index (Phi) is 3.79. The minimum Gasteiger partial charge on any atom is -0.207 e. The molecule has 0 spiro atoms. The van der Waals surface area contributed by atoms with Gasteiger partial charge in [-0.2, -0.15) is 0 Å². The van der Waals surface area contributed by atoms with Gasteiger partial charge in [-0.3, -0.25) is 0 Å². The molecule has 3 nitrogen and oxygen atoms in total. The van der Waals surface area contributed by atoms with E-state index in [0.717, 1.165) is 11.1 Å². The molecule has 0 radical (unpaired) electrons. The molecular formula is C13H19NO2S. The quantitative estimate of drug-likeness (QED) is 0.900. The third-order valence-corrected chi connectivity index (χ3v) is 3.97. The summed E-state index contributed by atoms with van der Waals surface area (Å²) >= 11 is 0. The molecule has 0 heterocycles. The van der Waals surface area contributed by atoms with E-state index in [1.165, 1.54) is 0 Å². The summed E-state index contributed by atoms with van der Waals surface area (Å²) in [6, 6.07) is 5.02. The van der Waals surface area contributed by atoms with Gasteiger partial charge in [-0.1, -0.05) is 18.7 Å². The highest BCUT2D eigenvalue weighted by atomic mass is 32.2. The number of rotatable bonds is 3. The Morgan fingerprint density at radius 1 is 1.29 bits per heavy atom.